The summed E-state index contributed by atoms with van der Waals surface area (Å²) in [5, 5.41) is 2.80. The predicted molar refractivity (Wildman–Crippen MR) is 178 cm³/mol. The molecule has 3 aliphatic heterocycles. The number of piperidine rings is 1. The normalized spacial score (nSPS) is 17.8. The molecule has 0 saturated carbocycles. The average Bonchev–Trinajstić information content (AvgIpc) is 3.74. The van der Waals surface area contributed by atoms with E-state index in [0.29, 0.717) is 45.5 Å². The highest BCUT2D eigenvalue weighted by atomic mass is 19.4. The standard InChI is InChI=1S/C37H32F4N6O4/c38-25-16-24-19-46(36(50)44-12-9-23(10-13-44)33(37(39,40)41)51-21-22-6-2-1-3-7-22)15-14-45-20-27(26(17-25)32(24)45)30-31(35(49)43-34(30)48)28-18-42-29-8-4-5-11-47(28)29/h1-8,11,16-18,20,23,33H,9-10,12-15,19,21H2,(H,43,48,49). The highest BCUT2D eigenvalue weighted by molar-refractivity contribution is 6.49. The van der Waals surface area contributed by atoms with Gasteiger partial charge in [0.15, 0.2) is 6.10 Å². The van der Waals surface area contributed by atoms with Crippen molar-refractivity contribution in [1.29, 1.82) is 0 Å². The molecule has 3 aliphatic rings. The minimum Gasteiger partial charge on any atom is -0.364 e. The number of pyridine rings is 1. The molecule has 2 aromatic carbocycles. The van der Waals surface area contributed by atoms with Crippen LogP contribution in [0.1, 0.15) is 35.2 Å². The lowest BCUT2D eigenvalue weighted by Crippen LogP contribution is -2.50. The number of urea groups is 1. The summed E-state index contributed by atoms with van der Waals surface area (Å²) in [5.41, 5.74) is 3.39. The molecular formula is C37H32F4N6O4. The van der Waals surface area contributed by atoms with Crippen molar-refractivity contribution in [2.45, 2.75) is 44.8 Å². The van der Waals surface area contributed by atoms with Crippen molar-refractivity contribution in [2.75, 3.05) is 19.6 Å². The van der Waals surface area contributed by atoms with Gasteiger partial charge in [-0.25, -0.2) is 14.2 Å². The number of hydrogen-bond acceptors (Lipinski definition) is 5. The van der Waals surface area contributed by atoms with Gasteiger partial charge in [0.05, 0.1) is 35.2 Å². The molecule has 1 fully saturated rings. The topological polar surface area (TPSA) is 101 Å². The fraction of sp³-hybridized carbons (Fsp3) is 0.297. The van der Waals surface area contributed by atoms with E-state index in [1.165, 1.54) is 18.3 Å². The van der Waals surface area contributed by atoms with Crippen LogP contribution in [0.3, 0.4) is 0 Å². The molecule has 1 atom stereocenters. The molecule has 10 nitrogen and oxygen atoms in total. The second kappa shape index (κ2) is 12.7. The number of nitrogens with one attached hydrogen (secondary N) is 1. The third kappa shape index (κ3) is 5.92. The van der Waals surface area contributed by atoms with Crippen molar-refractivity contribution in [3.05, 3.63) is 107 Å². The SMILES string of the molecule is O=C1NC(=O)C(c2cnc3ccccn23)=C1c1cn2c3c(cc(F)cc13)CN(C(=O)N1CCC(C(OCc3ccccc3)C(F)(F)F)CC1)CC2. The van der Waals surface area contributed by atoms with Crippen LogP contribution in [0.4, 0.5) is 22.4 Å². The van der Waals surface area contributed by atoms with Gasteiger partial charge in [-0.2, -0.15) is 13.2 Å². The average molecular weight is 701 g/mol. The molecule has 51 heavy (non-hydrogen) atoms. The maximum atomic E-state index is 15.3. The largest absolute Gasteiger partial charge is 0.414 e. The number of ether oxygens (including phenoxy) is 1. The van der Waals surface area contributed by atoms with Crippen LogP contribution in [0, 0.1) is 11.7 Å². The van der Waals surface area contributed by atoms with Gasteiger partial charge in [-0.05, 0) is 54.2 Å². The molecule has 1 unspecified atom stereocenters. The molecule has 1 saturated heterocycles. The summed E-state index contributed by atoms with van der Waals surface area (Å²) in [5.74, 6) is -2.58. The Morgan fingerprint density at radius 3 is 2.45 bits per heavy atom. The molecule has 4 amide bonds. The van der Waals surface area contributed by atoms with Crippen LogP contribution < -0.4 is 5.32 Å². The van der Waals surface area contributed by atoms with Crippen molar-refractivity contribution >= 4 is 45.5 Å². The van der Waals surface area contributed by atoms with Gasteiger partial charge in [0.1, 0.15) is 11.5 Å². The molecule has 262 valence electrons. The van der Waals surface area contributed by atoms with Crippen LogP contribution >= 0.6 is 0 Å². The Balaban J connectivity index is 1.04. The number of likely N-dealkylation sites (tertiary alicyclic amines) is 1. The number of benzene rings is 2. The van der Waals surface area contributed by atoms with E-state index >= 15 is 4.39 Å². The van der Waals surface area contributed by atoms with Crippen LogP contribution in [0.15, 0.2) is 79.3 Å². The number of alkyl halides is 3. The number of fused-ring (bicyclic) bond motifs is 1. The minimum absolute atomic E-state index is 0.0477. The number of aromatic nitrogens is 3. The second-order valence-electron chi connectivity index (χ2n) is 13.1. The second-order valence-corrected chi connectivity index (χ2v) is 13.1. The summed E-state index contributed by atoms with van der Waals surface area (Å²) in [6, 6.07) is 16.4. The number of rotatable bonds is 6. The van der Waals surface area contributed by atoms with Gasteiger partial charge in [0.2, 0.25) is 0 Å². The Morgan fingerprint density at radius 2 is 1.69 bits per heavy atom. The van der Waals surface area contributed by atoms with E-state index < -0.39 is 35.8 Å². The molecule has 14 heteroatoms. The summed E-state index contributed by atoms with van der Waals surface area (Å²) >= 11 is 0. The highest BCUT2D eigenvalue weighted by Crippen LogP contribution is 2.39. The van der Waals surface area contributed by atoms with E-state index in [9.17, 15) is 27.6 Å². The number of imidazole rings is 1. The number of imide groups is 1. The van der Waals surface area contributed by atoms with E-state index in [2.05, 4.69) is 10.3 Å². The molecular weight excluding hydrogens is 668 g/mol. The third-order valence-corrected chi connectivity index (χ3v) is 9.97. The van der Waals surface area contributed by atoms with Gasteiger partial charge in [0, 0.05) is 56.1 Å². The number of carbonyl (C=O) groups excluding carboxylic acids is 3. The Bertz CT molecular complexity index is 2220. The molecule has 3 aromatic heterocycles. The summed E-state index contributed by atoms with van der Waals surface area (Å²) in [6.45, 7) is 0.663. The lowest BCUT2D eigenvalue weighted by atomic mass is 9.90. The zero-order valence-electron chi connectivity index (χ0n) is 27.2. The lowest BCUT2D eigenvalue weighted by molar-refractivity contribution is -0.243. The van der Waals surface area contributed by atoms with Crippen LogP contribution in [0.2, 0.25) is 0 Å². The van der Waals surface area contributed by atoms with Crippen molar-refractivity contribution in [1.82, 2.24) is 29.1 Å². The third-order valence-electron chi connectivity index (χ3n) is 9.97. The van der Waals surface area contributed by atoms with Gasteiger partial charge in [-0.1, -0.05) is 36.4 Å². The van der Waals surface area contributed by atoms with Gasteiger partial charge >= 0.3 is 12.2 Å². The molecule has 0 bridgehead atoms. The van der Waals surface area contributed by atoms with Gasteiger partial charge < -0.3 is 19.1 Å². The maximum Gasteiger partial charge on any atom is 0.414 e. The zero-order chi connectivity index (χ0) is 35.4. The number of nitrogens with zero attached hydrogens (tertiary/aromatic N) is 5. The van der Waals surface area contributed by atoms with Crippen LogP contribution in [0.5, 0.6) is 0 Å². The number of carbonyl (C=O) groups is 3. The summed E-state index contributed by atoms with van der Waals surface area (Å²) in [6.07, 6.45) is -1.30. The first-order chi connectivity index (χ1) is 24.6. The van der Waals surface area contributed by atoms with Gasteiger partial charge in [0.25, 0.3) is 11.8 Å². The quantitative estimate of drug-likeness (QED) is 0.179. The fourth-order valence-corrected chi connectivity index (χ4v) is 7.59. The zero-order valence-corrected chi connectivity index (χ0v) is 27.2. The maximum absolute atomic E-state index is 15.3. The molecule has 0 aliphatic carbocycles. The number of halogens is 4. The molecule has 6 heterocycles. The fourth-order valence-electron chi connectivity index (χ4n) is 7.59. The first-order valence-corrected chi connectivity index (χ1v) is 16.7. The monoisotopic (exact) mass is 700 g/mol. The Kier molecular flexibility index (Phi) is 8.13. The van der Waals surface area contributed by atoms with Crippen molar-refractivity contribution in [3.63, 3.8) is 0 Å². The van der Waals surface area contributed by atoms with Crippen molar-refractivity contribution in [3.8, 4) is 0 Å². The minimum atomic E-state index is -4.55. The number of amides is 4. The first kappa shape index (κ1) is 32.7. The van der Waals surface area contributed by atoms with Gasteiger partial charge in [-0.15, -0.1) is 0 Å². The first-order valence-electron chi connectivity index (χ1n) is 16.7. The van der Waals surface area contributed by atoms with E-state index in [-0.39, 0.29) is 62.8 Å². The van der Waals surface area contributed by atoms with Crippen molar-refractivity contribution in [2.24, 2.45) is 5.92 Å². The lowest BCUT2D eigenvalue weighted by Gasteiger charge is -2.38. The smallest absolute Gasteiger partial charge is 0.364 e. The Labute approximate surface area is 288 Å². The summed E-state index contributed by atoms with van der Waals surface area (Å²) < 4.78 is 66.5. The summed E-state index contributed by atoms with van der Waals surface area (Å²) in [4.78, 5) is 47.8. The van der Waals surface area contributed by atoms with Crippen LogP contribution in [-0.2, 0) is 34.0 Å². The highest BCUT2D eigenvalue weighted by Gasteiger charge is 2.47. The molecule has 0 spiro atoms. The van der Waals surface area contributed by atoms with E-state index in [1.54, 1.807) is 75.1 Å². The molecule has 0 radical (unpaired) electrons. The number of hydrogen-bond donors (Lipinski definition) is 1. The van der Waals surface area contributed by atoms with Crippen molar-refractivity contribution < 1.29 is 36.7 Å². The Hall–Kier alpha value is -5.50. The van der Waals surface area contributed by atoms with E-state index in [1.807, 2.05) is 4.57 Å². The summed E-state index contributed by atoms with van der Waals surface area (Å²) in [7, 11) is 0. The van der Waals surface area contributed by atoms with Crippen LogP contribution in [0.25, 0.3) is 27.7 Å². The van der Waals surface area contributed by atoms with Crippen LogP contribution in [-0.4, -0.2) is 73.5 Å². The van der Waals surface area contributed by atoms with E-state index in [0.717, 1.165) is 0 Å². The molecule has 1 N–H and O–H groups in total. The molecule has 8 rings (SSSR count). The molecule has 5 aromatic rings. The van der Waals surface area contributed by atoms with E-state index in [4.69, 9.17) is 4.74 Å². The Morgan fingerprint density at radius 1 is 0.941 bits per heavy atom. The predicted octanol–water partition coefficient (Wildman–Crippen LogP) is 5.79. The van der Waals surface area contributed by atoms with Gasteiger partial charge in [-0.3, -0.25) is 19.3 Å².